The lowest BCUT2D eigenvalue weighted by Gasteiger charge is -2.25. The van der Waals surface area contributed by atoms with Crippen molar-refractivity contribution in [3.63, 3.8) is 0 Å². The summed E-state index contributed by atoms with van der Waals surface area (Å²) in [5.41, 5.74) is 2.59. The number of nitrogens with zero attached hydrogens (tertiary/aromatic N) is 2. The number of likely N-dealkylation sites (tertiary alicyclic amines) is 1. The van der Waals surface area contributed by atoms with Crippen LogP contribution in [0.25, 0.3) is 0 Å². The number of nitrogens with one attached hydrogen (secondary N) is 1. The predicted octanol–water partition coefficient (Wildman–Crippen LogP) is 4.70. The van der Waals surface area contributed by atoms with Crippen LogP contribution < -0.4 is 9.62 Å². The Balaban J connectivity index is 1.69. The van der Waals surface area contributed by atoms with Gasteiger partial charge in [0.1, 0.15) is 6.54 Å². The van der Waals surface area contributed by atoms with Gasteiger partial charge in [0.2, 0.25) is 5.91 Å². The quantitative estimate of drug-likeness (QED) is 0.496. The highest BCUT2D eigenvalue weighted by atomic mass is 32.2. The van der Waals surface area contributed by atoms with Crippen LogP contribution in [-0.4, -0.2) is 51.9 Å². The van der Waals surface area contributed by atoms with Crippen LogP contribution in [0.3, 0.4) is 0 Å². The maximum Gasteiger partial charge on any atom is 0.264 e. The molecule has 1 aliphatic rings. The third-order valence-electron chi connectivity index (χ3n) is 6.42. The van der Waals surface area contributed by atoms with E-state index in [9.17, 15) is 13.2 Å². The van der Waals surface area contributed by atoms with Crippen LogP contribution in [0.1, 0.15) is 63.0 Å². The Labute approximate surface area is 205 Å². The number of amides is 1. The topological polar surface area (TPSA) is 69.7 Å². The second-order valence-electron chi connectivity index (χ2n) is 9.53. The summed E-state index contributed by atoms with van der Waals surface area (Å²) in [5.74, 6) is 0.0446. The number of carbonyl (C=O) groups is 1. The van der Waals surface area contributed by atoms with E-state index in [4.69, 9.17) is 0 Å². The monoisotopic (exact) mass is 485 g/mol. The summed E-state index contributed by atoms with van der Waals surface area (Å²) in [7, 11) is -3.89. The highest BCUT2D eigenvalue weighted by molar-refractivity contribution is 7.92. The van der Waals surface area contributed by atoms with E-state index in [0.29, 0.717) is 18.2 Å². The predicted molar refractivity (Wildman–Crippen MR) is 139 cm³/mol. The lowest BCUT2D eigenvalue weighted by atomic mass is 10.0. The molecule has 1 saturated heterocycles. The zero-order chi connectivity index (χ0) is 24.6. The number of aryl methyl sites for hydroxylation is 1. The van der Waals surface area contributed by atoms with Crippen LogP contribution in [0, 0.1) is 6.92 Å². The molecular weight excluding hydrogens is 446 g/mol. The maximum absolute atomic E-state index is 13.5. The van der Waals surface area contributed by atoms with Crippen LogP contribution >= 0.6 is 0 Å². The maximum atomic E-state index is 13.5. The molecule has 3 rings (SSSR count). The highest BCUT2D eigenvalue weighted by Gasteiger charge is 2.27. The van der Waals surface area contributed by atoms with Crippen LogP contribution in [0.4, 0.5) is 5.69 Å². The Bertz CT molecular complexity index is 1010. The number of sulfonamides is 1. The van der Waals surface area contributed by atoms with E-state index >= 15 is 0 Å². The molecule has 0 unspecified atom stereocenters. The minimum atomic E-state index is -3.89. The molecule has 0 bridgehead atoms. The smallest absolute Gasteiger partial charge is 0.264 e. The van der Waals surface area contributed by atoms with Gasteiger partial charge in [-0.15, -0.1) is 0 Å². The van der Waals surface area contributed by atoms with Crippen LogP contribution in [0.5, 0.6) is 0 Å². The summed E-state index contributed by atoms with van der Waals surface area (Å²) < 4.78 is 28.2. The third kappa shape index (κ3) is 7.31. The molecule has 2 aromatic carbocycles. The van der Waals surface area contributed by atoms with Crippen molar-refractivity contribution in [1.29, 1.82) is 0 Å². The number of hydrogen-bond acceptors (Lipinski definition) is 4. The average Bonchev–Trinajstić information content (AvgIpc) is 3.09. The molecule has 186 valence electrons. The first-order valence-corrected chi connectivity index (χ1v) is 13.9. The second-order valence-corrected chi connectivity index (χ2v) is 11.4. The molecule has 2 aromatic rings. The van der Waals surface area contributed by atoms with Gasteiger partial charge in [-0.1, -0.05) is 56.5 Å². The summed E-state index contributed by atoms with van der Waals surface area (Å²) in [6.07, 6.45) is 5.95. The molecule has 34 heavy (non-hydrogen) atoms. The van der Waals surface area contributed by atoms with Gasteiger partial charge in [-0.25, -0.2) is 8.42 Å². The molecule has 1 N–H and O–H groups in total. The van der Waals surface area contributed by atoms with Gasteiger partial charge in [0.05, 0.1) is 10.6 Å². The first-order valence-electron chi connectivity index (χ1n) is 12.5. The van der Waals surface area contributed by atoms with Gasteiger partial charge in [-0.3, -0.25) is 9.10 Å². The average molecular weight is 486 g/mol. The van der Waals surface area contributed by atoms with Gasteiger partial charge < -0.3 is 10.2 Å². The summed E-state index contributed by atoms with van der Waals surface area (Å²) in [6.45, 7) is 9.61. The van der Waals surface area contributed by atoms with Crippen molar-refractivity contribution in [2.24, 2.45) is 0 Å². The SMILES string of the molecule is Cc1ccc(S(=O)(=O)N(CC(=O)NCCCN2CCCCCC2)c2ccc(C(C)C)cc2)cc1. The van der Waals surface area contributed by atoms with Crippen LogP contribution in [-0.2, 0) is 14.8 Å². The summed E-state index contributed by atoms with van der Waals surface area (Å²) in [6, 6.07) is 14.2. The Hall–Kier alpha value is -2.38. The van der Waals surface area contributed by atoms with Gasteiger partial charge in [0, 0.05) is 6.54 Å². The van der Waals surface area contributed by atoms with Crippen molar-refractivity contribution in [2.45, 2.75) is 63.7 Å². The standard InChI is InChI=1S/C27H39N3O3S/c1-22(2)24-11-13-25(14-12-24)30(34(32,33)26-15-9-23(3)10-16-26)21-27(31)28-17-8-20-29-18-6-4-5-7-19-29/h9-16,22H,4-8,17-21H2,1-3H3,(H,28,31). The molecule has 1 fully saturated rings. The third-order valence-corrected chi connectivity index (χ3v) is 8.20. The second kappa shape index (κ2) is 12.4. The van der Waals surface area contributed by atoms with Crippen molar-refractivity contribution in [2.75, 3.05) is 37.0 Å². The lowest BCUT2D eigenvalue weighted by Crippen LogP contribution is -2.41. The van der Waals surface area contributed by atoms with E-state index in [0.717, 1.165) is 37.2 Å². The summed E-state index contributed by atoms with van der Waals surface area (Å²) >= 11 is 0. The molecule has 0 atom stereocenters. The zero-order valence-electron chi connectivity index (χ0n) is 20.8. The van der Waals surface area contributed by atoms with Gasteiger partial charge >= 0.3 is 0 Å². The van der Waals surface area contributed by atoms with Crippen molar-refractivity contribution in [3.05, 3.63) is 59.7 Å². The normalized spacial score (nSPS) is 15.2. The minimum absolute atomic E-state index is 0.181. The highest BCUT2D eigenvalue weighted by Crippen LogP contribution is 2.26. The van der Waals surface area contributed by atoms with E-state index in [-0.39, 0.29) is 17.3 Å². The van der Waals surface area contributed by atoms with E-state index in [1.165, 1.54) is 30.0 Å². The van der Waals surface area contributed by atoms with Crippen molar-refractivity contribution in [3.8, 4) is 0 Å². The minimum Gasteiger partial charge on any atom is -0.354 e. The largest absolute Gasteiger partial charge is 0.354 e. The van der Waals surface area contributed by atoms with Crippen molar-refractivity contribution < 1.29 is 13.2 Å². The fourth-order valence-corrected chi connectivity index (χ4v) is 5.68. The van der Waals surface area contributed by atoms with E-state index in [1.54, 1.807) is 36.4 Å². The molecule has 1 aliphatic heterocycles. The summed E-state index contributed by atoms with van der Waals surface area (Å²) in [5, 5.41) is 2.93. The Kier molecular flexibility index (Phi) is 9.54. The van der Waals surface area contributed by atoms with E-state index < -0.39 is 10.0 Å². The Morgan fingerprint density at radius 3 is 2.18 bits per heavy atom. The lowest BCUT2D eigenvalue weighted by molar-refractivity contribution is -0.119. The molecule has 7 heteroatoms. The molecular formula is C27H39N3O3S. The summed E-state index contributed by atoms with van der Waals surface area (Å²) in [4.78, 5) is 15.5. The van der Waals surface area contributed by atoms with Gasteiger partial charge in [0.15, 0.2) is 0 Å². The number of anilines is 1. The number of benzene rings is 2. The molecule has 1 heterocycles. The molecule has 0 saturated carbocycles. The number of hydrogen-bond donors (Lipinski definition) is 1. The Morgan fingerprint density at radius 1 is 0.971 bits per heavy atom. The van der Waals surface area contributed by atoms with Gasteiger partial charge in [-0.2, -0.15) is 0 Å². The van der Waals surface area contributed by atoms with E-state index in [2.05, 4.69) is 24.1 Å². The molecule has 0 aromatic heterocycles. The van der Waals surface area contributed by atoms with Crippen molar-refractivity contribution >= 4 is 21.6 Å². The zero-order valence-corrected chi connectivity index (χ0v) is 21.6. The number of rotatable bonds is 10. The molecule has 1 amide bonds. The molecule has 0 spiro atoms. The Morgan fingerprint density at radius 2 is 1.59 bits per heavy atom. The number of carbonyl (C=O) groups excluding carboxylic acids is 1. The fraction of sp³-hybridized carbons (Fsp3) is 0.519. The van der Waals surface area contributed by atoms with Crippen LogP contribution in [0.15, 0.2) is 53.4 Å². The van der Waals surface area contributed by atoms with Crippen molar-refractivity contribution in [1.82, 2.24) is 10.2 Å². The van der Waals surface area contributed by atoms with Gasteiger partial charge in [-0.05, 0) is 81.6 Å². The first-order chi connectivity index (χ1) is 16.3. The first kappa shape index (κ1) is 26.2. The fourth-order valence-electron chi connectivity index (χ4n) is 4.25. The van der Waals surface area contributed by atoms with Crippen LogP contribution in [0.2, 0.25) is 0 Å². The molecule has 0 radical (unpaired) electrons. The van der Waals surface area contributed by atoms with E-state index in [1.807, 2.05) is 19.1 Å². The molecule has 0 aliphatic carbocycles. The van der Waals surface area contributed by atoms with Gasteiger partial charge in [0.25, 0.3) is 10.0 Å². The molecule has 6 nitrogen and oxygen atoms in total.